The number of carbonyl (C=O) groups is 6. The average molecular weight is 893 g/mol. The second kappa shape index (κ2) is 19.8. The van der Waals surface area contributed by atoms with Crippen molar-refractivity contribution >= 4 is 46.6 Å². The summed E-state index contributed by atoms with van der Waals surface area (Å²) in [4.78, 5) is 94.4. The Morgan fingerprint density at radius 2 is 1.34 bits per heavy atom. The van der Waals surface area contributed by atoms with E-state index in [1.165, 1.54) is 29.0 Å². The number of hydrogen-bond donors (Lipinski definition) is 2. The molecule has 15 heteroatoms. The number of halogens is 1. The molecule has 2 aliphatic carbocycles. The van der Waals surface area contributed by atoms with Gasteiger partial charge >= 0.3 is 12.2 Å². The molecule has 14 nitrogen and oxygen atoms in total. The van der Waals surface area contributed by atoms with Gasteiger partial charge in [-0.05, 0) is 123 Å². The van der Waals surface area contributed by atoms with Crippen LogP contribution < -0.4 is 5.32 Å². The van der Waals surface area contributed by atoms with Crippen molar-refractivity contribution in [3.8, 4) is 0 Å². The number of likely N-dealkylation sites (tertiary alicyclic amines) is 2. The second-order valence-corrected chi connectivity index (χ2v) is 21.0. The number of nitrogens with zero attached hydrogens (tertiary/aromatic N) is 4. The van der Waals surface area contributed by atoms with Crippen LogP contribution in [-0.2, 0) is 28.7 Å². The molecule has 3 heterocycles. The molecule has 0 bridgehead atoms. The van der Waals surface area contributed by atoms with Gasteiger partial charge in [0.2, 0.25) is 17.7 Å². The average Bonchev–Trinajstić information content (AvgIpc) is 3.97. The fraction of sp³-hybridized carbons (Fsp3) is 0.714. The Balaban J connectivity index is 1.32. The molecular formula is C49H73FN6O8. The molecule has 1 aromatic carbocycles. The predicted molar refractivity (Wildman–Crippen MR) is 242 cm³/mol. The van der Waals surface area contributed by atoms with Crippen molar-refractivity contribution < 1.29 is 42.6 Å². The highest BCUT2D eigenvalue weighted by molar-refractivity contribution is 5.94. The zero-order chi connectivity index (χ0) is 46.8. The van der Waals surface area contributed by atoms with Crippen LogP contribution in [0.1, 0.15) is 144 Å². The number of ether oxygens (including phenoxy) is 2. The molecule has 0 radical (unpaired) electrons. The van der Waals surface area contributed by atoms with Gasteiger partial charge in [0, 0.05) is 62.5 Å². The topological polar surface area (TPSA) is 162 Å². The van der Waals surface area contributed by atoms with E-state index in [9.17, 15) is 23.6 Å². The van der Waals surface area contributed by atoms with Crippen molar-refractivity contribution in [2.75, 3.05) is 27.2 Å². The lowest BCUT2D eigenvalue weighted by molar-refractivity contribution is -0.142. The standard InChI is InChI=1S/C49H73FN6O8/c1-29(53(9)46(61)63-48(3,4)5)40(57)26-35(31-17-13-11-14-18-31)44(59)56-28-37(36-27-51-38-25-33(50)21-22-34(36)38)42-39(56)23-24-55(42)45(60)41(32-19-15-12-16-20-32)52-43(58)30(2)54(10)47(62)64-49(6,7)8/h21-22,25,27,29-32,35,37,39,41-42,51H,11-20,23-24,26,28H2,1-10H3,(H,52,58)/t29-,30-,35-,37+,39+,41-,42+/m0/s1. The fourth-order valence-electron chi connectivity index (χ4n) is 10.6. The monoisotopic (exact) mass is 893 g/mol. The van der Waals surface area contributed by atoms with Crippen LogP contribution in [-0.4, -0.2) is 129 Å². The Labute approximate surface area is 378 Å². The highest BCUT2D eigenvalue weighted by Gasteiger charge is 2.55. The Bertz CT molecular complexity index is 1940. The number of rotatable bonds is 12. The molecule has 1 aromatic heterocycles. The number of carbonyl (C=O) groups excluding carboxylic acids is 6. The summed E-state index contributed by atoms with van der Waals surface area (Å²) in [7, 11) is 3.06. The molecule has 64 heavy (non-hydrogen) atoms. The predicted octanol–water partition coefficient (Wildman–Crippen LogP) is 7.93. The van der Waals surface area contributed by atoms with Crippen molar-refractivity contribution in [2.24, 2.45) is 17.8 Å². The normalized spacial score (nSPS) is 22.9. The molecule has 6 rings (SSSR count). The molecule has 0 unspecified atom stereocenters. The van der Waals surface area contributed by atoms with Crippen molar-refractivity contribution in [1.82, 2.24) is 29.9 Å². The number of likely N-dealkylation sites (N-methyl/N-ethyl adjacent to an activating group) is 2. The van der Waals surface area contributed by atoms with Gasteiger partial charge in [0.05, 0.1) is 18.1 Å². The van der Waals surface area contributed by atoms with Crippen LogP contribution in [0.15, 0.2) is 24.4 Å². The van der Waals surface area contributed by atoms with Gasteiger partial charge in [-0.15, -0.1) is 0 Å². The van der Waals surface area contributed by atoms with E-state index in [4.69, 9.17) is 9.47 Å². The van der Waals surface area contributed by atoms with Crippen LogP contribution in [0, 0.1) is 23.6 Å². The number of ketones is 1. The van der Waals surface area contributed by atoms with Gasteiger partial charge < -0.3 is 34.5 Å². The summed E-state index contributed by atoms with van der Waals surface area (Å²) in [5, 5.41) is 3.90. The summed E-state index contributed by atoms with van der Waals surface area (Å²) < 4.78 is 25.6. The van der Waals surface area contributed by atoms with Gasteiger partial charge in [0.25, 0.3) is 0 Å². The first kappa shape index (κ1) is 48.8. The second-order valence-electron chi connectivity index (χ2n) is 21.0. The van der Waals surface area contributed by atoms with E-state index >= 15 is 9.59 Å². The third-order valence-corrected chi connectivity index (χ3v) is 14.3. The number of amides is 5. The van der Waals surface area contributed by atoms with Crippen LogP contribution >= 0.6 is 0 Å². The number of H-pyrrole nitrogens is 1. The zero-order valence-electron chi connectivity index (χ0n) is 39.8. The first-order valence-corrected chi connectivity index (χ1v) is 23.7. The van der Waals surface area contributed by atoms with E-state index < -0.39 is 59.4 Å². The first-order valence-electron chi connectivity index (χ1n) is 23.7. The van der Waals surface area contributed by atoms with E-state index in [1.54, 1.807) is 68.5 Å². The van der Waals surface area contributed by atoms with Gasteiger partial charge in [0.15, 0.2) is 5.78 Å². The summed E-state index contributed by atoms with van der Waals surface area (Å²) in [6, 6.07) is 1.13. The highest BCUT2D eigenvalue weighted by Crippen LogP contribution is 2.46. The molecule has 0 spiro atoms. The molecule has 5 amide bonds. The maximum absolute atomic E-state index is 15.4. The molecule has 4 fully saturated rings. The maximum atomic E-state index is 15.4. The number of nitrogens with one attached hydrogen (secondary N) is 2. The minimum Gasteiger partial charge on any atom is -0.444 e. The number of aromatic amines is 1. The molecule has 4 aliphatic rings. The zero-order valence-corrected chi connectivity index (χ0v) is 39.8. The number of fused-ring (bicyclic) bond motifs is 2. The first-order chi connectivity index (χ1) is 30.1. The van der Waals surface area contributed by atoms with Crippen molar-refractivity contribution in [3.05, 3.63) is 35.8 Å². The Morgan fingerprint density at radius 1 is 0.781 bits per heavy atom. The molecular weight excluding hydrogens is 820 g/mol. The van der Waals surface area contributed by atoms with Gasteiger partial charge in [-0.25, -0.2) is 14.0 Å². The summed E-state index contributed by atoms with van der Waals surface area (Å²) in [5.41, 5.74) is -0.0323. The SMILES string of the molecule is C[C@@H](C(=O)C[C@H](C(=O)N1C[C@H](c2c[nH]c3cc(F)ccc23)[C@@H]2[C@H]1CCN2C(=O)[C@@H](NC(=O)[C@H](C)N(C)C(=O)OC(C)(C)C)C1CCCCC1)C1CCCCC1)N(C)C(=O)OC(C)(C)C. The molecule has 2 N–H and O–H groups in total. The van der Waals surface area contributed by atoms with Gasteiger partial charge in [0.1, 0.15) is 29.1 Å². The molecule has 354 valence electrons. The number of hydrogen-bond acceptors (Lipinski definition) is 8. The number of Topliss-reactive ketones (excluding diaryl/α,β-unsaturated/α-hetero) is 1. The van der Waals surface area contributed by atoms with Crippen molar-refractivity contribution in [3.63, 3.8) is 0 Å². The van der Waals surface area contributed by atoms with Crippen molar-refractivity contribution in [2.45, 2.75) is 180 Å². The van der Waals surface area contributed by atoms with Crippen LogP contribution in [0.3, 0.4) is 0 Å². The lowest BCUT2D eigenvalue weighted by Crippen LogP contribution is -2.58. The summed E-state index contributed by atoms with van der Waals surface area (Å²) in [5.74, 6) is -2.54. The smallest absolute Gasteiger partial charge is 0.410 e. The van der Waals surface area contributed by atoms with Gasteiger partial charge in [-0.3, -0.25) is 24.1 Å². The molecule has 2 saturated carbocycles. The Kier molecular flexibility index (Phi) is 15.1. The molecule has 7 atom stereocenters. The summed E-state index contributed by atoms with van der Waals surface area (Å²) in [6.07, 6.45) is 10.1. The minimum atomic E-state index is -0.926. The fourth-order valence-corrected chi connectivity index (χ4v) is 10.6. The van der Waals surface area contributed by atoms with Crippen LogP contribution in [0.4, 0.5) is 14.0 Å². The number of benzene rings is 1. The minimum absolute atomic E-state index is 0.0244. The van der Waals surface area contributed by atoms with E-state index in [0.717, 1.165) is 75.2 Å². The molecule has 2 aliphatic heterocycles. The molecule has 2 saturated heterocycles. The highest BCUT2D eigenvalue weighted by atomic mass is 19.1. The van der Waals surface area contributed by atoms with Crippen molar-refractivity contribution in [1.29, 1.82) is 0 Å². The quantitative estimate of drug-likeness (QED) is 0.217. The van der Waals surface area contributed by atoms with E-state index in [0.29, 0.717) is 18.5 Å². The number of aromatic nitrogens is 1. The Morgan fingerprint density at radius 3 is 1.92 bits per heavy atom. The lowest BCUT2D eigenvalue weighted by atomic mass is 9.76. The van der Waals surface area contributed by atoms with Crippen LogP contribution in [0.2, 0.25) is 0 Å². The van der Waals surface area contributed by atoms with E-state index in [1.807, 2.05) is 16.0 Å². The molecule has 2 aromatic rings. The van der Waals surface area contributed by atoms with Gasteiger partial charge in [-0.1, -0.05) is 38.5 Å². The Hall–Kier alpha value is -4.69. The lowest BCUT2D eigenvalue weighted by Gasteiger charge is -2.37. The van der Waals surface area contributed by atoms with Crippen LogP contribution in [0.25, 0.3) is 10.9 Å². The largest absolute Gasteiger partial charge is 0.444 e. The third-order valence-electron chi connectivity index (χ3n) is 14.3. The van der Waals surface area contributed by atoms with E-state index in [2.05, 4.69) is 10.3 Å². The van der Waals surface area contributed by atoms with Gasteiger partial charge in [-0.2, -0.15) is 0 Å². The summed E-state index contributed by atoms with van der Waals surface area (Å²) >= 11 is 0. The maximum Gasteiger partial charge on any atom is 0.410 e. The van der Waals surface area contributed by atoms with Crippen LogP contribution in [0.5, 0.6) is 0 Å². The third kappa shape index (κ3) is 11.0. The summed E-state index contributed by atoms with van der Waals surface area (Å²) in [6.45, 7) is 14.5. The van der Waals surface area contributed by atoms with E-state index in [-0.39, 0.29) is 60.2 Å².